The quantitative estimate of drug-likeness (QED) is 0.747. The van der Waals surface area contributed by atoms with Crippen LogP contribution in [0.4, 0.5) is 0 Å². The zero-order valence-electron chi connectivity index (χ0n) is 10.4. The Balaban J connectivity index is 2.63. The van der Waals surface area contributed by atoms with E-state index in [9.17, 15) is 9.90 Å². The van der Waals surface area contributed by atoms with Crippen LogP contribution in [0.2, 0.25) is 0 Å². The number of carboxylic acid groups (broad SMARTS) is 1. The molecule has 0 fully saturated rings. The molecular weight excluding hydrogens is 308 g/mol. The number of nitrogens with zero attached hydrogens (tertiary/aromatic N) is 2. The van der Waals surface area contributed by atoms with E-state index >= 15 is 0 Å². The first-order chi connectivity index (χ1) is 8.99. The largest absolute Gasteiger partial charge is 0.476 e. The number of rotatable bonds is 1. The van der Waals surface area contributed by atoms with Gasteiger partial charge in [-0.3, -0.25) is 0 Å². The van der Waals surface area contributed by atoms with Gasteiger partial charge in [0.15, 0.2) is 5.69 Å². The van der Waals surface area contributed by atoms with E-state index in [1.54, 1.807) is 0 Å². The van der Waals surface area contributed by atoms with Crippen molar-refractivity contribution in [1.29, 1.82) is 0 Å². The number of halogens is 1. The Morgan fingerprint density at radius 2 is 2.16 bits per heavy atom. The first-order valence-corrected chi connectivity index (χ1v) is 6.56. The predicted molar refractivity (Wildman–Crippen MR) is 77.6 cm³/mol. The second kappa shape index (κ2) is 4.06. The van der Waals surface area contributed by atoms with Crippen LogP contribution in [0.5, 0.6) is 0 Å². The van der Waals surface area contributed by atoms with Gasteiger partial charge in [0.2, 0.25) is 0 Å². The Bertz CT molecular complexity index is 836. The number of aromatic nitrogens is 2. The lowest BCUT2D eigenvalue weighted by atomic mass is 10.1. The van der Waals surface area contributed by atoms with Crippen LogP contribution >= 0.6 is 15.9 Å². The van der Waals surface area contributed by atoms with Gasteiger partial charge in [-0.1, -0.05) is 15.9 Å². The second-order valence-electron chi connectivity index (χ2n) is 4.57. The monoisotopic (exact) mass is 318 g/mol. The van der Waals surface area contributed by atoms with Crippen molar-refractivity contribution in [2.45, 2.75) is 6.92 Å². The summed E-state index contributed by atoms with van der Waals surface area (Å²) in [4.78, 5) is 15.7. The fraction of sp³-hybridized carbons (Fsp3) is 0.143. The number of carboxylic acids is 1. The van der Waals surface area contributed by atoms with Crippen molar-refractivity contribution < 1.29 is 9.90 Å². The SMILES string of the molecule is Cc1cn(C)c2c1c(C(=O)O)nc1cc(Br)ccc12. The fourth-order valence-corrected chi connectivity index (χ4v) is 2.88. The van der Waals surface area contributed by atoms with Crippen LogP contribution in [0.15, 0.2) is 28.9 Å². The minimum Gasteiger partial charge on any atom is -0.476 e. The Morgan fingerprint density at radius 3 is 2.84 bits per heavy atom. The maximum atomic E-state index is 11.4. The molecule has 0 bridgehead atoms. The molecule has 0 amide bonds. The first-order valence-electron chi connectivity index (χ1n) is 5.77. The molecule has 0 spiro atoms. The third-order valence-electron chi connectivity index (χ3n) is 3.26. The van der Waals surface area contributed by atoms with Crippen LogP contribution in [0.1, 0.15) is 16.1 Å². The zero-order chi connectivity index (χ0) is 13.7. The van der Waals surface area contributed by atoms with Crippen LogP contribution in [0.25, 0.3) is 21.8 Å². The lowest BCUT2D eigenvalue weighted by Crippen LogP contribution is -2.02. The summed E-state index contributed by atoms with van der Waals surface area (Å²) in [7, 11) is 1.92. The van der Waals surface area contributed by atoms with Crippen molar-refractivity contribution in [3.63, 3.8) is 0 Å². The van der Waals surface area contributed by atoms with E-state index in [-0.39, 0.29) is 5.69 Å². The second-order valence-corrected chi connectivity index (χ2v) is 5.49. The summed E-state index contributed by atoms with van der Waals surface area (Å²) in [6, 6.07) is 5.73. The highest BCUT2D eigenvalue weighted by Crippen LogP contribution is 2.31. The van der Waals surface area contributed by atoms with Crippen LogP contribution in [0.3, 0.4) is 0 Å². The molecule has 0 saturated heterocycles. The molecular formula is C14H11BrN2O2. The molecule has 96 valence electrons. The van der Waals surface area contributed by atoms with E-state index < -0.39 is 5.97 Å². The van der Waals surface area contributed by atoms with Gasteiger partial charge in [0.25, 0.3) is 0 Å². The number of aromatic carboxylic acids is 1. The molecule has 19 heavy (non-hydrogen) atoms. The maximum Gasteiger partial charge on any atom is 0.355 e. The predicted octanol–water partition coefficient (Wildman–Crippen LogP) is 3.50. The molecule has 2 heterocycles. The lowest BCUT2D eigenvalue weighted by Gasteiger charge is -2.06. The van der Waals surface area contributed by atoms with Crippen molar-refractivity contribution in [1.82, 2.24) is 9.55 Å². The molecule has 3 rings (SSSR count). The van der Waals surface area contributed by atoms with Gasteiger partial charge in [-0.2, -0.15) is 0 Å². The summed E-state index contributed by atoms with van der Waals surface area (Å²) in [6.45, 7) is 1.90. The summed E-state index contributed by atoms with van der Waals surface area (Å²) >= 11 is 3.39. The van der Waals surface area contributed by atoms with Gasteiger partial charge in [-0.15, -0.1) is 0 Å². The normalized spacial score (nSPS) is 11.3. The van der Waals surface area contributed by atoms with Crippen LogP contribution in [0, 0.1) is 6.92 Å². The lowest BCUT2D eigenvalue weighted by molar-refractivity contribution is 0.0693. The van der Waals surface area contributed by atoms with Crippen molar-refractivity contribution in [2.75, 3.05) is 0 Å². The maximum absolute atomic E-state index is 11.4. The highest BCUT2D eigenvalue weighted by Gasteiger charge is 2.18. The molecule has 2 aromatic heterocycles. The van der Waals surface area contributed by atoms with Crippen molar-refractivity contribution in [3.05, 3.63) is 40.1 Å². The summed E-state index contributed by atoms with van der Waals surface area (Å²) in [6.07, 6.45) is 1.93. The Kier molecular flexibility index (Phi) is 2.60. The van der Waals surface area contributed by atoms with Gasteiger partial charge < -0.3 is 9.67 Å². The smallest absolute Gasteiger partial charge is 0.355 e. The van der Waals surface area contributed by atoms with Crippen molar-refractivity contribution in [2.24, 2.45) is 7.05 Å². The third kappa shape index (κ3) is 1.73. The molecule has 0 aliphatic heterocycles. The van der Waals surface area contributed by atoms with E-state index in [1.807, 2.05) is 42.9 Å². The molecule has 1 aromatic carbocycles. The van der Waals surface area contributed by atoms with Crippen molar-refractivity contribution in [3.8, 4) is 0 Å². The summed E-state index contributed by atoms with van der Waals surface area (Å²) in [5.74, 6) is -0.999. The first kappa shape index (κ1) is 12.2. The number of benzene rings is 1. The van der Waals surface area contributed by atoms with Gasteiger partial charge in [0.05, 0.1) is 11.0 Å². The van der Waals surface area contributed by atoms with Gasteiger partial charge in [0, 0.05) is 28.5 Å². The molecule has 0 aliphatic carbocycles. The minimum atomic E-state index is -0.999. The third-order valence-corrected chi connectivity index (χ3v) is 3.75. The Morgan fingerprint density at radius 1 is 1.42 bits per heavy atom. The standard InChI is InChI=1S/C14H11BrN2O2/c1-7-6-17(2)13-9-4-3-8(15)5-10(9)16-12(11(7)13)14(18)19/h3-6H,1-2H3,(H,18,19). The molecule has 0 unspecified atom stereocenters. The van der Waals surface area contributed by atoms with E-state index in [0.717, 1.165) is 20.9 Å². The number of pyridine rings is 1. The van der Waals surface area contributed by atoms with Gasteiger partial charge in [-0.25, -0.2) is 9.78 Å². The molecule has 0 atom stereocenters. The Hall–Kier alpha value is -1.88. The fourth-order valence-electron chi connectivity index (χ4n) is 2.53. The van der Waals surface area contributed by atoms with Gasteiger partial charge >= 0.3 is 5.97 Å². The van der Waals surface area contributed by atoms with Crippen molar-refractivity contribution >= 4 is 43.7 Å². The average Bonchev–Trinajstić information content (AvgIpc) is 2.64. The summed E-state index contributed by atoms with van der Waals surface area (Å²) in [5, 5.41) is 11.0. The molecule has 1 N–H and O–H groups in total. The molecule has 0 radical (unpaired) electrons. The van der Waals surface area contributed by atoms with Crippen LogP contribution in [-0.4, -0.2) is 20.6 Å². The molecule has 0 saturated carbocycles. The summed E-state index contributed by atoms with van der Waals surface area (Å²) in [5.41, 5.74) is 2.62. The number of hydrogen-bond acceptors (Lipinski definition) is 2. The van der Waals surface area contributed by atoms with E-state index in [4.69, 9.17) is 0 Å². The van der Waals surface area contributed by atoms with E-state index in [2.05, 4.69) is 20.9 Å². The topological polar surface area (TPSA) is 55.1 Å². The average molecular weight is 319 g/mol. The highest BCUT2D eigenvalue weighted by atomic mass is 79.9. The number of hydrogen-bond donors (Lipinski definition) is 1. The van der Waals surface area contributed by atoms with Crippen LogP contribution in [-0.2, 0) is 7.05 Å². The van der Waals surface area contributed by atoms with Gasteiger partial charge in [-0.05, 0) is 30.7 Å². The zero-order valence-corrected chi connectivity index (χ0v) is 12.0. The summed E-state index contributed by atoms with van der Waals surface area (Å²) < 4.78 is 2.84. The van der Waals surface area contributed by atoms with E-state index in [0.29, 0.717) is 10.9 Å². The molecule has 3 aromatic rings. The number of carbonyl (C=O) groups is 1. The molecule has 4 nitrogen and oxygen atoms in total. The number of fused-ring (bicyclic) bond motifs is 3. The van der Waals surface area contributed by atoms with Crippen LogP contribution < -0.4 is 0 Å². The number of aryl methyl sites for hydroxylation is 2. The van der Waals surface area contributed by atoms with E-state index in [1.165, 1.54) is 0 Å². The minimum absolute atomic E-state index is 0.110. The highest BCUT2D eigenvalue weighted by molar-refractivity contribution is 9.10. The van der Waals surface area contributed by atoms with Gasteiger partial charge in [0.1, 0.15) is 0 Å². The molecule has 0 aliphatic rings. The Labute approximate surface area is 117 Å². The molecule has 5 heteroatoms.